The number of aromatic nitrogens is 1. The van der Waals surface area contributed by atoms with Gasteiger partial charge in [-0.1, -0.05) is 18.2 Å². The van der Waals surface area contributed by atoms with Gasteiger partial charge in [-0.3, -0.25) is 4.79 Å². The smallest absolute Gasteiger partial charge is 0.295 e. The number of fused-ring (bicyclic) bond motifs is 1. The minimum absolute atomic E-state index is 0.115. The number of amides is 1. The molecule has 4 heteroatoms. The number of aryl methyl sites for hydroxylation is 1. The molecule has 1 aliphatic rings. The van der Waals surface area contributed by atoms with E-state index in [1.54, 1.807) is 11.8 Å². The summed E-state index contributed by atoms with van der Waals surface area (Å²) in [5, 5.41) is 0. The van der Waals surface area contributed by atoms with Crippen LogP contribution in [0.4, 0.5) is 5.69 Å². The number of para-hydroxylation sites is 1. The zero-order valence-electron chi connectivity index (χ0n) is 9.51. The Bertz CT molecular complexity index is 574. The van der Waals surface area contributed by atoms with Crippen molar-refractivity contribution in [3.05, 3.63) is 47.7 Å². The summed E-state index contributed by atoms with van der Waals surface area (Å²) in [5.74, 6) is 0.704. The first kappa shape index (κ1) is 10.1. The Kier molecular flexibility index (Phi) is 2.21. The quantitative estimate of drug-likeness (QED) is 0.751. The van der Waals surface area contributed by atoms with E-state index >= 15 is 0 Å². The minimum Gasteiger partial charge on any atom is -0.436 e. The molecule has 4 nitrogen and oxygen atoms in total. The average Bonchev–Trinajstić information content (AvgIpc) is 2.94. The summed E-state index contributed by atoms with van der Waals surface area (Å²) < 4.78 is 5.27. The van der Waals surface area contributed by atoms with Crippen LogP contribution >= 0.6 is 0 Å². The highest BCUT2D eigenvalue weighted by atomic mass is 16.4. The summed E-state index contributed by atoms with van der Waals surface area (Å²) in [6, 6.07) is 7.94. The van der Waals surface area contributed by atoms with Crippen LogP contribution in [-0.2, 0) is 6.42 Å². The van der Waals surface area contributed by atoms with Crippen LogP contribution in [0.25, 0.3) is 0 Å². The van der Waals surface area contributed by atoms with Crippen LogP contribution in [0.5, 0.6) is 0 Å². The van der Waals surface area contributed by atoms with E-state index in [-0.39, 0.29) is 5.91 Å². The Morgan fingerprint density at radius 1 is 1.41 bits per heavy atom. The zero-order chi connectivity index (χ0) is 11.8. The van der Waals surface area contributed by atoms with E-state index in [9.17, 15) is 4.79 Å². The van der Waals surface area contributed by atoms with Gasteiger partial charge in [0, 0.05) is 19.2 Å². The predicted molar refractivity (Wildman–Crippen MR) is 63.1 cm³/mol. The predicted octanol–water partition coefficient (Wildman–Crippen LogP) is 2.19. The zero-order valence-corrected chi connectivity index (χ0v) is 9.51. The van der Waals surface area contributed by atoms with E-state index in [4.69, 9.17) is 4.42 Å². The lowest BCUT2D eigenvalue weighted by Gasteiger charge is -2.15. The SMILES string of the molecule is Cc1ncc(C(=O)N2CCc3ccccc32)o1. The number of carbonyl (C=O) groups is 1. The number of carbonyl (C=O) groups excluding carboxylic acids is 1. The molecule has 0 aliphatic carbocycles. The third kappa shape index (κ3) is 1.62. The third-order valence-electron chi connectivity index (χ3n) is 2.96. The van der Waals surface area contributed by atoms with Crippen LogP contribution in [0.3, 0.4) is 0 Å². The van der Waals surface area contributed by atoms with Crippen LogP contribution in [0.1, 0.15) is 22.0 Å². The fourth-order valence-electron chi connectivity index (χ4n) is 2.14. The van der Waals surface area contributed by atoms with E-state index in [0.29, 0.717) is 18.2 Å². The number of rotatable bonds is 1. The lowest BCUT2D eigenvalue weighted by atomic mass is 10.2. The van der Waals surface area contributed by atoms with Gasteiger partial charge in [-0.15, -0.1) is 0 Å². The highest BCUT2D eigenvalue weighted by molar-refractivity contribution is 6.05. The molecule has 1 aliphatic heterocycles. The van der Waals surface area contributed by atoms with Gasteiger partial charge in [0.15, 0.2) is 5.89 Å². The maximum absolute atomic E-state index is 12.2. The summed E-state index contributed by atoms with van der Waals surface area (Å²) in [5.41, 5.74) is 2.18. The van der Waals surface area contributed by atoms with Crippen molar-refractivity contribution in [3.8, 4) is 0 Å². The number of oxazole rings is 1. The molecule has 0 saturated carbocycles. The summed E-state index contributed by atoms with van der Waals surface area (Å²) in [6.45, 7) is 2.44. The third-order valence-corrected chi connectivity index (χ3v) is 2.96. The monoisotopic (exact) mass is 228 g/mol. The Morgan fingerprint density at radius 3 is 3.00 bits per heavy atom. The Hall–Kier alpha value is -2.10. The van der Waals surface area contributed by atoms with E-state index < -0.39 is 0 Å². The molecule has 0 spiro atoms. The van der Waals surface area contributed by atoms with Crippen LogP contribution in [0.2, 0.25) is 0 Å². The van der Waals surface area contributed by atoms with E-state index in [1.807, 2.05) is 24.3 Å². The van der Waals surface area contributed by atoms with E-state index in [1.165, 1.54) is 11.8 Å². The number of benzene rings is 1. The number of hydrogen-bond donors (Lipinski definition) is 0. The normalized spacial score (nSPS) is 13.8. The number of anilines is 1. The highest BCUT2D eigenvalue weighted by Crippen LogP contribution is 2.28. The maximum Gasteiger partial charge on any atom is 0.295 e. The number of nitrogens with zero attached hydrogens (tertiary/aromatic N) is 2. The van der Waals surface area contributed by atoms with Gasteiger partial charge in [0.25, 0.3) is 5.91 Å². The first-order valence-corrected chi connectivity index (χ1v) is 5.58. The Morgan fingerprint density at radius 2 is 2.24 bits per heavy atom. The van der Waals surface area contributed by atoms with Crippen molar-refractivity contribution in [3.63, 3.8) is 0 Å². The van der Waals surface area contributed by atoms with Crippen molar-refractivity contribution in [2.45, 2.75) is 13.3 Å². The van der Waals surface area contributed by atoms with Gasteiger partial charge in [-0.2, -0.15) is 0 Å². The molecule has 0 radical (unpaired) electrons. The van der Waals surface area contributed by atoms with Crippen LogP contribution in [-0.4, -0.2) is 17.4 Å². The van der Waals surface area contributed by atoms with Gasteiger partial charge in [-0.25, -0.2) is 4.98 Å². The maximum atomic E-state index is 12.2. The summed E-state index contributed by atoms with van der Waals surface area (Å²) in [7, 11) is 0. The molecule has 2 heterocycles. The topological polar surface area (TPSA) is 46.3 Å². The largest absolute Gasteiger partial charge is 0.436 e. The molecule has 17 heavy (non-hydrogen) atoms. The van der Waals surface area contributed by atoms with Crippen molar-refractivity contribution in [1.29, 1.82) is 0 Å². The molecular formula is C13H12N2O2. The second kappa shape index (κ2) is 3.73. The summed E-state index contributed by atoms with van der Waals surface area (Å²) in [4.78, 5) is 17.9. The Balaban J connectivity index is 1.95. The minimum atomic E-state index is -0.115. The standard InChI is InChI=1S/C13H12N2O2/c1-9-14-8-12(17-9)13(16)15-7-6-10-4-2-3-5-11(10)15/h2-5,8H,6-7H2,1H3. The fourth-order valence-corrected chi connectivity index (χ4v) is 2.14. The van der Waals surface area contributed by atoms with Crippen LogP contribution < -0.4 is 4.90 Å². The van der Waals surface area contributed by atoms with Crippen molar-refractivity contribution >= 4 is 11.6 Å². The van der Waals surface area contributed by atoms with Crippen molar-refractivity contribution in [1.82, 2.24) is 4.98 Å². The molecule has 1 amide bonds. The lowest BCUT2D eigenvalue weighted by Crippen LogP contribution is -2.28. The van der Waals surface area contributed by atoms with Crippen molar-refractivity contribution in [2.24, 2.45) is 0 Å². The molecule has 0 N–H and O–H groups in total. The molecule has 0 atom stereocenters. The van der Waals surface area contributed by atoms with Gasteiger partial charge in [0.1, 0.15) is 0 Å². The molecule has 0 saturated heterocycles. The number of hydrogen-bond acceptors (Lipinski definition) is 3. The van der Waals surface area contributed by atoms with Crippen molar-refractivity contribution < 1.29 is 9.21 Å². The van der Waals surface area contributed by atoms with Crippen LogP contribution in [0.15, 0.2) is 34.9 Å². The van der Waals surface area contributed by atoms with Crippen LogP contribution in [0, 0.1) is 6.92 Å². The molecule has 0 bridgehead atoms. The van der Waals surface area contributed by atoms with E-state index in [0.717, 1.165) is 12.1 Å². The summed E-state index contributed by atoms with van der Waals surface area (Å²) >= 11 is 0. The Labute approximate surface area is 98.9 Å². The molecule has 3 rings (SSSR count). The summed E-state index contributed by atoms with van der Waals surface area (Å²) in [6.07, 6.45) is 2.38. The second-order valence-corrected chi connectivity index (χ2v) is 4.08. The van der Waals surface area contributed by atoms with Gasteiger partial charge >= 0.3 is 0 Å². The van der Waals surface area contributed by atoms with Crippen molar-refractivity contribution in [2.75, 3.05) is 11.4 Å². The molecule has 1 aromatic carbocycles. The first-order valence-electron chi connectivity index (χ1n) is 5.58. The molecule has 2 aromatic rings. The van der Waals surface area contributed by atoms with Gasteiger partial charge in [0.05, 0.1) is 6.20 Å². The van der Waals surface area contributed by atoms with Gasteiger partial charge in [-0.05, 0) is 18.1 Å². The molecule has 0 fully saturated rings. The fraction of sp³-hybridized carbons (Fsp3) is 0.231. The van der Waals surface area contributed by atoms with Gasteiger partial charge < -0.3 is 9.32 Å². The van der Waals surface area contributed by atoms with E-state index in [2.05, 4.69) is 4.98 Å². The second-order valence-electron chi connectivity index (χ2n) is 4.08. The average molecular weight is 228 g/mol. The lowest BCUT2D eigenvalue weighted by molar-refractivity contribution is 0.0961. The first-order chi connectivity index (χ1) is 8.25. The highest BCUT2D eigenvalue weighted by Gasteiger charge is 2.27. The molecule has 86 valence electrons. The van der Waals surface area contributed by atoms with Gasteiger partial charge in [0.2, 0.25) is 5.76 Å². The molecular weight excluding hydrogens is 216 g/mol. The molecule has 1 aromatic heterocycles. The molecule has 0 unspecified atom stereocenters.